The minimum atomic E-state index is 0.0296. The largest absolute Gasteiger partial charge is 0.454 e. The second-order valence-electron chi connectivity index (χ2n) is 4.63. The number of nitrogens with zero attached hydrogens (tertiary/aromatic N) is 1. The van der Waals surface area contributed by atoms with Crippen molar-refractivity contribution in [1.82, 2.24) is 4.57 Å². The van der Waals surface area contributed by atoms with Crippen molar-refractivity contribution in [2.45, 2.75) is 0 Å². The summed E-state index contributed by atoms with van der Waals surface area (Å²) in [6, 6.07) is 11.2. The number of pyridine rings is 1. The molecular formula is C15H11NO3. The molecule has 3 aromatic rings. The summed E-state index contributed by atoms with van der Waals surface area (Å²) in [4.78, 5) is 12.5. The minimum absolute atomic E-state index is 0.0296. The van der Waals surface area contributed by atoms with E-state index in [1.807, 2.05) is 41.9 Å². The fourth-order valence-corrected chi connectivity index (χ4v) is 2.62. The number of rotatable bonds is 0. The molecule has 0 unspecified atom stereocenters. The maximum atomic E-state index is 12.5. The molecule has 0 aliphatic carbocycles. The molecule has 19 heavy (non-hydrogen) atoms. The van der Waals surface area contributed by atoms with Gasteiger partial charge < -0.3 is 14.0 Å². The van der Waals surface area contributed by atoms with E-state index in [0.717, 1.165) is 16.4 Å². The molecule has 0 saturated carbocycles. The van der Waals surface area contributed by atoms with Crippen LogP contribution in [0, 0.1) is 0 Å². The highest BCUT2D eigenvalue weighted by Crippen LogP contribution is 2.35. The van der Waals surface area contributed by atoms with E-state index in [9.17, 15) is 4.79 Å². The fraction of sp³-hybridized carbons (Fsp3) is 0.133. The van der Waals surface area contributed by atoms with Gasteiger partial charge in [0.2, 0.25) is 6.79 Å². The zero-order valence-corrected chi connectivity index (χ0v) is 10.3. The number of aryl methyl sites for hydroxylation is 1. The summed E-state index contributed by atoms with van der Waals surface area (Å²) in [6.45, 7) is 0.211. The van der Waals surface area contributed by atoms with Crippen LogP contribution in [0.3, 0.4) is 0 Å². The lowest BCUT2D eigenvalue weighted by Crippen LogP contribution is -2.08. The van der Waals surface area contributed by atoms with E-state index in [4.69, 9.17) is 9.47 Å². The molecule has 1 aliphatic heterocycles. The van der Waals surface area contributed by atoms with Crippen molar-refractivity contribution in [3.8, 4) is 11.5 Å². The van der Waals surface area contributed by atoms with Crippen LogP contribution >= 0.6 is 0 Å². The van der Waals surface area contributed by atoms with Crippen molar-refractivity contribution in [2.24, 2.45) is 7.05 Å². The summed E-state index contributed by atoms with van der Waals surface area (Å²) in [6.07, 6.45) is 0. The predicted octanol–water partition coefficient (Wildman–Crippen LogP) is 2.42. The number of hydrogen-bond donors (Lipinski definition) is 0. The highest BCUT2D eigenvalue weighted by atomic mass is 16.7. The molecule has 2 heterocycles. The Kier molecular flexibility index (Phi) is 1.93. The summed E-state index contributed by atoms with van der Waals surface area (Å²) >= 11 is 0. The molecule has 4 nitrogen and oxygen atoms in total. The molecular weight excluding hydrogens is 242 g/mol. The summed E-state index contributed by atoms with van der Waals surface area (Å²) in [5.41, 5.74) is 1.80. The Bertz CT molecular complexity index is 880. The van der Waals surface area contributed by atoms with Gasteiger partial charge in [0, 0.05) is 18.5 Å². The summed E-state index contributed by atoms with van der Waals surface area (Å²) in [5.74, 6) is 1.33. The van der Waals surface area contributed by atoms with Crippen LogP contribution in [0.4, 0.5) is 0 Å². The highest BCUT2D eigenvalue weighted by molar-refractivity contribution is 5.94. The first kappa shape index (κ1) is 10.4. The smallest absolute Gasteiger partial charge is 0.231 e. The van der Waals surface area contributed by atoms with Gasteiger partial charge in [-0.1, -0.05) is 12.1 Å². The van der Waals surface area contributed by atoms with Crippen LogP contribution in [0.5, 0.6) is 11.5 Å². The van der Waals surface area contributed by atoms with E-state index >= 15 is 0 Å². The first-order valence-electron chi connectivity index (χ1n) is 6.07. The number of fused-ring (bicyclic) bond motifs is 3. The third-order valence-corrected chi connectivity index (χ3v) is 3.61. The molecule has 0 spiro atoms. The molecule has 4 heteroatoms. The van der Waals surface area contributed by atoms with Gasteiger partial charge in [-0.05, 0) is 18.2 Å². The lowest BCUT2D eigenvalue weighted by Gasteiger charge is -2.10. The molecule has 4 rings (SSSR count). The first-order chi connectivity index (χ1) is 9.25. The number of ether oxygens (including phenoxy) is 2. The van der Waals surface area contributed by atoms with E-state index in [-0.39, 0.29) is 12.2 Å². The molecule has 0 saturated heterocycles. The van der Waals surface area contributed by atoms with Gasteiger partial charge in [0.15, 0.2) is 16.9 Å². The quantitative estimate of drug-likeness (QED) is 0.578. The lowest BCUT2D eigenvalue weighted by molar-refractivity contribution is 0.174. The number of benzene rings is 2. The molecule has 2 aromatic carbocycles. The second kappa shape index (κ2) is 3.51. The average molecular weight is 253 g/mol. The van der Waals surface area contributed by atoms with E-state index in [1.54, 1.807) is 6.07 Å². The first-order valence-corrected chi connectivity index (χ1v) is 6.07. The van der Waals surface area contributed by atoms with Crippen LogP contribution in [0.1, 0.15) is 0 Å². The molecule has 0 N–H and O–H groups in total. The Labute approximate surface area is 108 Å². The maximum absolute atomic E-state index is 12.5. The molecule has 94 valence electrons. The van der Waals surface area contributed by atoms with Crippen molar-refractivity contribution in [3.63, 3.8) is 0 Å². The fourth-order valence-electron chi connectivity index (χ4n) is 2.62. The van der Waals surface area contributed by atoms with E-state index in [2.05, 4.69) is 0 Å². The summed E-state index contributed by atoms with van der Waals surface area (Å²) < 4.78 is 12.7. The Hall–Kier alpha value is -2.49. The van der Waals surface area contributed by atoms with Crippen molar-refractivity contribution in [2.75, 3.05) is 6.79 Å². The predicted molar refractivity (Wildman–Crippen MR) is 72.8 cm³/mol. The van der Waals surface area contributed by atoms with Crippen LogP contribution < -0.4 is 14.9 Å². The van der Waals surface area contributed by atoms with Gasteiger partial charge in [0.25, 0.3) is 0 Å². The van der Waals surface area contributed by atoms with Crippen LogP contribution in [0.25, 0.3) is 21.8 Å². The van der Waals surface area contributed by atoms with Crippen molar-refractivity contribution >= 4 is 21.8 Å². The van der Waals surface area contributed by atoms with E-state index < -0.39 is 0 Å². The average Bonchev–Trinajstić information content (AvgIpc) is 2.90. The van der Waals surface area contributed by atoms with Gasteiger partial charge in [0.05, 0.1) is 16.4 Å². The summed E-state index contributed by atoms with van der Waals surface area (Å²) in [5, 5.41) is 1.38. The van der Waals surface area contributed by atoms with Crippen LogP contribution in [0.2, 0.25) is 0 Å². The second-order valence-corrected chi connectivity index (χ2v) is 4.63. The molecule has 0 amide bonds. The third kappa shape index (κ3) is 1.31. The number of hydrogen-bond acceptors (Lipinski definition) is 3. The van der Waals surface area contributed by atoms with E-state index in [1.165, 1.54) is 0 Å². The normalized spacial score (nSPS) is 13.3. The molecule has 1 aliphatic rings. The zero-order valence-electron chi connectivity index (χ0n) is 10.3. The molecule has 0 radical (unpaired) electrons. The Morgan fingerprint density at radius 1 is 1.00 bits per heavy atom. The zero-order chi connectivity index (χ0) is 13.0. The Balaban J connectivity index is 2.27. The van der Waals surface area contributed by atoms with Gasteiger partial charge in [-0.15, -0.1) is 0 Å². The highest BCUT2D eigenvalue weighted by Gasteiger charge is 2.17. The van der Waals surface area contributed by atoms with Gasteiger partial charge in [-0.2, -0.15) is 0 Å². The number of aromatic nitrogens is 1. The summed E-state index contributed by atoms with van der Waals surface area (Å²) in [7, 11) is 1.95. The molecule has 1 aromatic heterocycles. The molecule has 0 fully saturated rings. The number of para-hydroxylation sites is 1. The van der Waals surface area contributed by atoms with Crippen LogP contribution in [0.15, 0.2) is 41.2 Å². The lowest BCUT2D eigenvalue weighted by atomic mass is 10.1. The molecule has 0 bridgehead atoms. The van der Waals surface area contributed by atoms with Crippen LogP contribution in [-0.2, 0) is 7.05 Å². The topological polar surface area (TPSA) is 40.5 Å². The standard InChI is InChI=1S/C15H11NO3/c1-16-11-5-3-2-4-9(11)15(17)10-6-13-14(7-12(10)16)19-8-18-13/h2-7H,8H2,1H3. The minimum Gasteiger partial charge on any atom is -0.454 e. The monoisotopic (exact) mass is 253 g/mol. The van der Waals surface area contributed by atoms with Crippen molar-refractivity contribution in [1.29, 1.82) is 0 Å². The Morgan fingerprint density at radius 2 is 1.74 bits per heavy atom. The van der Waals surface area contributed by atoms with Crippen molar-refractivity contribution < 1.29 is 9.47 Å². The van der Waals surface area contributed by atoms with Gasteiger partial charge >= 0.3 is 0 Å². The van der Waals surface area contributed by atoms with E-state index in [0.29, 0.717) is 16.9 Å². The van der Waals surface area contributed by atoms with Gasteiger partial charge in [-0.25, -0.2) is 0 Å². The maximum Gasteiger partial charge on any atom is 0.231 e. The molecule has 0 atom stereocenters. The third-order valence-electron chi connectivity index (χ3n) is 3.61. The van der Waals surface area contributed by atoms with Crippen molar-refractivity contribution in [3.05, 3.63) is 46.6 Å². The van der Waals surface area contributed by atoms with Gasteiger partial charge in [-0.3, -0.25) is 4.79 Å². The van der Waals surface area contributed by atoms with Gasteiger partial charge in [0.1, 0.15) is 0 Å². The Morgan fingerprint density at radius 3 is 2.58 bits per heavy atom. The SMILES string of the molecule is Cn1c2ccccc2c(=O)c2cc3c(cc21)OCO3. The van der Waals surface area contributed by atoms with Crippen LogP contribution in [-0.4, -0.2) is 11.4 Å².